The topological polar surface area (TPSA) is 115 Å². The third kappa shape index (κ3) is 6.15. The number of carbonyl (C=O) groups excluding carboxylic acids is 2. The first kappa shape index (κ1) is 30.3. The molecular formula is C26H24F8N6O3. The van der Waals surface area contributed by atoms with Crippen LogP contribution in [0.15, 0.2) is 30.6 Å². The van der Waals surface area contributed by atoms with Gasteiger partial charge in [0.1, 0.15) is 23.8 Å². The Kier molecular flexibility index (Phi) is 7.85. The van der Waals surface area contributed by atoms with Crippen LogP contribution >= 0.6 is 0 Å². The highest BCUT2D eigenvalue weighted by Crippen LogP contribution is 2.40. The van der Waals surface area contributed by atoms with Gasteiger partial charge in [0.15, 0.2) is 5.82 Å². The second-order valence-corrected chi connectivity index (χ2v) is 10.4. The number of amides is 2. The van der Waals surface area contributed by atoms with Gasteiger partial charge in [0.2, 0.25) is 11.8 Å². The van der Waals surface area contributed by atoms with E-state index in [4.69, 9.17) is 5.73 Å². The number of carbonyl (C=O) groups is 2. The Labute approximate surface area is 238 Å². The average Bonchev–Trinajstić information content (AvgIpc) is 3.50. The normalized spacial score (nSPS) is 21.0. The first-order valence-electron chi connectivity index (χ1n) is 13.0. The number of aromatic nitrogens is 3. The number of benzene rings is 1. The smallest absolute Gasteiger partial charge is 0.418 e. The molecule has 2 atom stereocenters. The first-order valence-corrected chi connectivity index (χ1v) is 13.0. The maximum Gasteiger partial charge on any atom is 0.418 e. The Morgan fingerprint density at radius 1 is 1.12 bits per heavy atom. The Morgan fingerprint density at radius 3 is 2.47 bits per heavy atom. The summed E-state index contributed by atoms with van der Waals surface area (Å²) < 4.78 is 115. The van der Waals surface area contributed by atoms with E-state index < -0.39 is 96.3 Å². The van der Waals surface area contributed by atoms with Crippen molar-refractivity contribution in [3.8, 4) is 17.0 Å². The molecular weight excluding hydrogens is 596 g/mol. The summed E-state index contributed by atoms with van der Waals surface area (Å²) in [4.78, 5) is 30.8. The number of fused-ring (bicyclic) bond motifs is 1. The predicted octanol–water partition coefficient (Wildman–Crippen LogP) is 4.70. The van der Waals surface area contributed by atoms with Gasteiger partial charge in [0.05, 0.1) is 29.4 Å². The molecule has 3 aromatic rings. The Bertz CT molecular complexity index is 1540. The fourth-order valence-electron chi connectivity index (χ4n) is 5.43. The molecule has 2 fully saturated rings. The molecule has 3 heterocycles. The largest absolute Gasteiger partial charge is 0.434 e. The van der Waals surface area contributed by atoms with Crippen molar-refractivity contribution in [1.29, 1.82) is 0 Å². The number of alkyl halides is 8. The summed E-state index contributed by atoms with van der Waals surface area (Å²) in [5.74, 6) is -6.36. The number of rotatable bonds is 6. The van der Waals surface area contributed by atoms with Crippen molar-refractivity contribution in [1.82, 2.24) is 24.8 Å². The molecule has 9 nitrogen and oxygen atoms in total. The summed E-state index contributed by atoms with van der Waals surface area (Å²) in [6.45, 7) is -4.11. The SMILES string of the molecule is Nc1ncnn2c(-c3ccc(OC(F)F)c(C(=O)N[C@@H]4CN(C(=O)C5CCC(F)(F)CC5)C[C@@H]4F)c3)cc(C(F)(F)F)c12. The van der Waals surface area contributed by atoms with E-state index in [0.717, 1.165) is 33.9 Å². The van der Waals surface area contributed by atoms with Gasteiger partial charge in [-0.2, -0.15) is 27.1 Å². The van der Waals surface area contributed by atoms with Crippen LogP contribution in [0, 0.1) is 5.92 Å². The van der Waals surface area contributed by atoms with Crippen LogP contribution in [0.4, 0.5) is 40.9 Å². The zero-order valence-corrected chi connectivity index (χ0v) is 22.1. The van der Waals surface area contributed by atoms with E-state index in [1.54, 1.807) is 0 Å². The molecule has 1 saturated carbocycles. The van der Waals surface area contributed by atoms with E-state index >= 15 is 0 Å². The Balaban J connectivity index is 1.41. The molecule has 232 valence electrons. The third-order valence-electron chi connectivity index (χ3n) is 7.57. The molecule has 1 aliphatic carbocycles. The van der Waals surface area contributed by atoms with Crippen molar-refractivity contribution in [3.05, 3.63) is 41.7 Å². The minimum atomic E-state index is -4.87. The predicted molar refractivity (Wildman–Crippen MR) is 134 cm³/mol. The lowest BCUT2D eigenvalue weighted by atomic mass is 9.86. The zero-order chi connectivity index (χ0) is 31.3. The van der Waals surface area contributed by atoms with E-state index in [-0.39, 0.29) is 30.6 Å². The average molecular weight is 621 g/mol. The van der Waals surface area contributed by atoms with Crippen LogP contribution in [0.1, 0.15) is 41.6 Å². The van der Waals surface area contributed by atoms with Gasteiger partial charge in [0, 0.05) is 30.9 Å². The van der Waals surface area contributed by atoms with Gasteiger partial charge in [-0.1, -0.05) is 0 Å². The molecule has 17 heteroatoms. The van der Waals surface area contributed by atoms with Gasteiger partial charge in [-0.25, -0.2) is 22.7 Å². The van der Waals surface area contributed by atoms with Crippen LogP contribution < -0.4 is 15.8 Å². The van der Waals surface area contributed by atoms with Crippen LogP contribution in [0.2, 0.25) is 0 Å². The maximum absolute atomic E-state index is 14.9. The van der Waals surface area contributed by atoms with E-state index in [0.29, 0.717) is 6.07 Å². The minimum absolute atomic E-state index is 0.0710. The number of likely N-dealkylation sites (tertiary alicyclic amines) is 1. The van der Waals surface area contributed by atoms with Crippen LogP contribution in [0.25, 0.3) is 16.8 Å². The Hall–Kier alpha value is -4.18. The van der Waals surface area contributed by atoms with Crippen molar-refractivity contribution in [2.24, 2.45) is 5.92 Å². The molecule has 0 radical (unpaired) electrons. The molecule has 3 N–H and O–H groups in total. The zero-order valence-electron chi connectivity index (χ0n) is 22.1. The highest BCUT2D eigenvalue weighted by Gasteiger charge is 2.43. The summed E-state index contributed by atoms with van der Waals surface area (Å²) in [5.41, 5.74) is 3.06. The standard InChI is InChI=1S/C26H24F8N6O3/c27-16-9-39(23(42)12-3-5-25(30,31)6-4-12)10-17(16)38-22(41)14-7-13(1-2-19(14)43-24(28)29)18-8-15(26(32,33)34)20-21(35)36-11-37-40(18)20/h1-2,7-8,11-12,16-17,24H,3-6,9-10H2,(H,38,41)(H2,35,36,37)/t16-,17+/m0/s1. The van der Waals surface area contributed by atoms with Gasteiger partial charge in [0.25, 0.3) is 5.91 Å². The summed E-state index contributed by atoms with van der Waals surface area (Å²) in [5, 5.41) is 6.14. The van der Waals surface area contributed by atoms with Crippen molar-refractivity contribution in [2.45, 2.75) is 56.6 Å². The fraction of sp³-hybridized carbons (Fsp3) is 0.462. The minimum Gasteiger partial charge on any atom is -0.434 e. The summed E-state index contributed by atoms with van der Waals surface area (Å²) in [6, 6.07) is 2.44. The molecule has 5 rings (SSSR count). The molecule has 0 unspecified atom stereocenters. The maximum atomic E-state index is 14.9. The van der Waals surface area contributed by atoms with Crippen molar-refractivity contribution in [2.75, 3.05) is 18.8 Å². The lowest BCUT2D eigenvalue weighted by molar-refractivity contribution is -0.139. The number of nitrogen functional groups attached to an aromatic ring is 1. The van der Waals surface area contributed by atoms with Gasteiger partial charge in [-0.05, 0) is 37.1 Å². The second-order valence-electron chi connectivity index (χ2n) is 10.4. The molecule has 2 aliphatic rings. The van der Waals surface area contributed by atoms with Crippen molar-refractivity contribution in [3.63, 3.8) is 0 Å². The van der Waals surface area contributed by atoms with E-state index in [1.165, 1.54) is 0 Å². The van der Waals surface area contributed by atoms with Crippen LogP contribution in [-0.4, -0.2) is 69.1 Å². The first-order chi connectivity index (χ1) is 20.1. The molecule has 1 aliphatic heterocycles. The molecule has 2 amide bonds. The van der Waals surface area contributed by atoms with Gasteiger partial charge in [-0.15, -0.1) is 0 Å². The van der Waals surface area contributed by atoms with Gasteiger partial charge in [-0.3, -0.25) is 9.59 Å². The summed E-state index contributed by atoms with van der Waals surface area (Å²) >= 11 is 0. The molecule has 2 aromatic heterocycles. The highest BCUT2D eigenvalue weighted by atomic mass is 19.4. The number of ether oxygens (including phenoxy) is 1. The quantitative estimate of drug-likeness (QED) is 0.386. The van der Waals surface area contributed by atoms with Crippen LogP contribution in [0.3, 0.4) is 0 Å². The van der Waals surface area contributed by atoms with E-state index in [1.807, 2.05) is 0 Å². The van der Waals surface area contributed by atoms with Crippen molar-refractivity contribution >= 4 is 23.1 Å². The highest BCUT2D eigenvalue weighted by molar-refractivity contribution is 5.98. The number of anilines is 1. The number of nitrogens with zero attached hydrogens (tertiary/aromatic N) is 4. The number of hydrogen-bond donors (Lipinski definition) is 2. The van der Waals surface area contributed by atoms with E-state index in [9.17, 15) is 44.7 Å². The molecule has 1 aromatic carbocycles. The second kappa shape index (κ2) is 11.1. The van der Waals surface area contributed by atoms with Crippen LogP contribution in [-0.2, 0) is 11.0 Å². The molecule has 43 heavy (non-hydrogen) atoms. The number of nitrogens with one attached hydrogen (secondary N) is 1. The molecule has 0 spiro atoms. The number of hydrogen-bond acceptors (Lipinski definition) is 6. The Morgan fingerprint density at radius 2 is 1.81 bits per heavy atom. The third-order valence-corrected chi connectivity index (χ3v) is 7.57. The lowest BCUT2D eigenvalue weighted by Gasteiger charge is -2.30. The lowest BCUT2D eigenvalue weighted by Crippen LogP contribution is -2.43. The summed E-state index contributed by atoms with van der Waals surface area (Å²) in [7, 11) is 0. The van der Waals surface area contributed by atoms with Crippen molar-refractivity contribution < 1.29 is 49.4 Å². The molecule has 0 bridgehead atoms. The van der Waals surface area contributed by atoms with Gasteiger partial charge < -0.3 is 20.7 Å². The monoisotopic (exact) mass is 620 g/mol. The fourth-order valence-corrected chi connectivity index (χ4v) is 5.43. The molecule has 1 saturated heterocycles. The van der Waals surface area contributed by atoms with Crippen LogP contribution in [0.5, 0.6) is 5.75 Å². The van der Waals surface area contributed by atoms with Gasteiger partial charge >= 0.3 is 12.8 Å². The summed E-state index contributed by atoms with van der Waals surface area (Å²) in [6.07, 6.45) is -6.83. The van der Waals surface area contributed by atoms with E-state index in [2.05, 4.69) is 20.1 Å². The number of nitrogens with two attached hydrogens (primary N) is 1. The number of halogens is 8.